The molecule has 1 unspecified atom stereocenters. The van der Waals surface area contributed by atoms with Gasteiger partial charge in [0.1, 0.15) is 0 Å². The molecule has 0 fully saturated rings. The normalized spacial score (nSPS) is 14.5. The third-order valence-corrected chi connectivity index (χ3v) is 5.29. The highest BCUT2D eigenvalue weighted by Gasteiger charge is 2.43. The van der Waals surface area contributed by atoms with Crippen molar-refractivity contribution in [2.75, 3.05) is 26.4 Å². The van der Waals surface area contributed by atoms with Crippen molar-refractivity contribution in [2.24, 2.45) is 5.92 Å². The van der Waals surface area contributed by atoms with E-state index in [9.17, 15) is 14.5 Å². The highest BCUT2D eigenvalue weighted by molar-refractivity contribution is 7.55. The summed E-state index contributed by atoms with van der Waals surface area (Å²) in [5.74, 6) is -0.864. The molecule has 21 heavy (non-hydrogen) atoms. The van der Waals surface area contributed by atoms with E-state index in [-0.39, 0.29) is 38.8 Å². The van der Waals surface area contributed by atoms with Crippen LogP contribution in [0.4, 0.5) is 0 Å². The van der Waals surface area contributed by atoms with E-state index in [0.29, 0.717) is 6.42 Å². The molecule has 0 saturated carbocycles. The van der Waals surface area contributed by atoms with Crippen LogP contribution in [0, 0.1) is 5.92 Å². The third-order valence-electron chi connectivity index (χ3n) is 2.87. The Hall–Kier alpha value is -0.680. The van der Waals surface area contributed by atoms with Gasteiger partial charge in [-0.1, -0.05) is 6.08 Å². The van der Waals surface area contributed by atoms with Crippen LogP contribution in [0.25, 0.3) is 0 Å². The molecule has 0 saturated heterocycles. The smallest absolute Gasteiger partial charge is 0.344 e. The number of aliphatic hydroxyl groups excluding tert-OH is 1. The number of esters is 1. The van der Waals surface area contributed by atoms with Crippen LogP contribution in [0.15, 0.2) is 12.7 Å². The van der Waals surface area contributed by atoms with Gasteiger partial charge < -0.3 is 18.9 Å². The lowest BCUT2D eigenvalue weighted by atomic mass is 10.0. The summed E-state index contributed by atoms with van der Waals surface area (Å²) < 4.78 is 28.3. The molecule has 7 heteroatoms. The molecular formula is C14H27O6P. The van der Waals surface area contributed by atoms with Gasteiger partial charge in [-0.3, -0.25) is 9.36 Å². The summed E-state index contributed by atoms with van der Waals surface area (Å²) in [5.41, 5.74) is -1.03. The minimum Gasteiger partial charge on any atom is -0.465 e. The van der Waals surface area contributed by atoms with Crippen LogP contribution in [-0.2, 0) is 23.1 Å². The lowest BCUT2D eigenvalue weighted by Crippen LogP contribution is -2.29. The molecule has 0 spiro atoms. The van der Waals surface area contributed by atoms with Crippen LogP contribution >= 0.6 is 7.60 Å². The number of ether oxygens (including phenoxy) is 1. The van der Waals surface area contributed by atoms with Crippen molar-refractivity contribution in [1.29, 1.82) is 0 Å². The van der Waals surface area contributed by atoms with Gasteiger partial charge in [-0.05, 0) is 39.5 Å². The third kappa shape index (κ3) is 6.74. The van der Waals surface area contributed by atoms with E-state index in [2.05, 4.69) is 6.58 Å². The van der Waals surface area contributed by atoms with Gasteiger partial charge in [0.2, 0.25) is 0 Å². The number of carbonyl (C=O) groups is 1. The van der Waals surface area contributed by atoms with E-state index >= 15 is 0 Å². The SMILES string of the molecule is C=CC[C@@H](CO)CC(C(=O)OCC)P(=O)(OCC)OCC. The molecule has 0 bridgehead atoms. The van der Waals surface area contributed by atoms with Crippen LogP contribution in [0.1, 0.15) is 33.6 Å². The first-order chi connectivity index (χ1) is 9.98. The molecule has 0 aromatic carbocycles. The zero-order valence-corrected chi connectivity index (χ0v) is 14.0. The largest absolute Gasteiger partial charge is 0.465 e. The van der Waals surface area contributed by atoms with Gasteiger partial charge in [-0.2, -0.15) is 0 Å². The van der Waals surface area contributed by atoms with Gasteiger partial charge in [-0.25, -0.2) is 0 Å². The average molecular weight is 322 g/mol. The summed E-state index contributed by atoms with van der Waals surface area (Å²) in [5, 5.41) is 9.37. The van der Waals surface area contributed by atoms with E-state index in [0.717, 1.165) is 0 Å². The first kappa shape index (κ1) is 20.3. The van der Waals surface area contributed by atoms with E-state index in [4.69, 9.17) is 13.8 Å². The molecule has 0 aliphatic heterocycles. The Kier molecular flexibility index (Phi) is 10.6. The maximum Gasteiger partial charge on any atom is 0.344 e. The predicted octanol–water partition coefficient (Wildman–Crippen LogP) is 2.76. The summed E-state index contributed by atoms with van der Waals surface area (Å²) in [4.78, 5) is 12.1. The molecule has 1 N–H and O–H groups in total. The number of hydrogen-bond donors (Lipinski definition) is 1. The lowest BCUT2D eigenvalue weighted by Gasteiger charge is -2.27. The molecular weight excluding hydrogens is 295 g/mol. The standard InChI is InChI=1S/C14H27O6P/c1-5-9-12(11-15)10-13(14(16)18-6-2)21(17,19-7-3)20-8-4/h5,12-13,15H,1,6-11H2,2-4H3/t12-,13?/m1/s1. The summed E-state index contributed by atoms with van der Waals surface area (Å²) in [6.45, 7) is 9.02. The van der Waals surface area contributed by atoms with Gasteiger partial charge >= 0.3 is 13.6 Å². The minimum absolute atomic E-state index is 0.139. The van der Waals surface area contributed by atoms with Gasteiger partial charge in [0.05, 0.1) is 19.8 Å². The highest BCUT2D eigenvalue weighted by Crippen LogP contribution is 2.55. The maximum absolute atomic E-state index is 12.8. The van der Waals surface area contributed by atoms with E-state index in [1.807, 2.05) is 0 Å². The first-order valence-electron chi connectivity index (χ1n) is 7.26. The first-order valence-corrected chi connectivity index (χ1v) is 8.87. The fourth-order valence-electron chi connectivity index (χ4n) is 1.97. The van der Waals surface area contributed by atoms with Crippen molar-refractivity contribution in [3.8, 4) is 0 Å². The molecule has 0 amide bonds. The van der Waals surface area contributed by atoms with Crippen LogP contribution in [0.5, 0.6) is 0 Å². The summed E-state index contributed by atoms with van der Waals surface area (Å²) >= 11 is 0. The second-order valence-electron chi connectivity index (χ2n) is 4.45. The predicted molar refractivity (Wildman–Crippen MR) is 81.3 cm³/mol. The van der Waals surface area contributed by atoms with Crippen LogP contribution in [0.2, 0.25) is 0 Å². The minimum atomic E-state index is -3.63. The fraction of sp³-hybridized carbons (Fsp3) is 0.786. The highest BCUT2D eigenvalue weighted by atomic mass is 31.2. The second kappa shape index (κ2) is 11.0. The van der Waals surface area contributed by atoms with Crippen molar-refractivity contribution in [1.82, 2.24) is 0 Å². The molecule has 0 aromatic heterocycles. The van der Waals surface area contributed by atoms with E-state index in [1.54, 1.807) is 26.8 Å². The Labute approximate surface area is 127 Å². The number of hydrogen-bond acceptors (Lipinski definition) is 6. The van der Waals surface area contributed by atoms with E-state index in [1.165, 1.54) is 0 Å². The van der Waals surface area contributed by atoms with Crippen molar-refractivity contribution in [2.45, 2.75) is 39.3 Å². The van der Waals surface area contributed by atoms with Crippen molar-refractivity contribution in [3.05, 3.63) is 12.7 Å². The zero-order valence-electron chi connectivity index (χ0n) is 13.1. The number of aliphatic hydroxyl groups is 1. The Balaban J connectivity index is 5.30. The maximum atomic E-state index is 12.8. The van der Waals surface area contributed by atoms with Crippen LogP contribution < -0.4 is 0 Å². The molecule has 6 nitrogen and oxygen atoms in total. The molecule has 0 aliphatic carbocycles. The second-order valence-corrected chi connectivity index (χ2v) is 6.67. The zero-order chi connectivity index (χ0) is 16.3. The van der Waals surface area contributed by atoms with Gasteiger partial charge in [0, 0.05) is 6.61 Å². The number of allylic oxidation sites excluding steroid dienone is 1. The van der Waals surface area contributed by atoms with E-state index < -0.39 is 19.2 Å². The Bertz CT molecular complexity index is 347. The molecule has 0 radical (unpaired) electrons. The monoisotopic (exact) mass is 322 g/mol. The molecule has 2 atom stereocenters. The average Bonchev–Trinajstić information content (AvgIpc) is 2.43. The fourth-order valence-corrected chi connectivity index (χ4v) is 4.01. The molecule has 0 rings (SSSR count). The quantitative estimate of drug-likeness (QED) is 0.338. The molecule has 0 aromatic rings. The molecule has 0 heterocycles. The van der Waals surface area contributed by atoms with Gasteiger partial charge in [-0.15, -0.1) is 6.58 Å². The number of carbonyl (C=O) groups excluding carboxylic acids is 1. The van der Waals surface area contributed by atoms with Gasteiger partial charge in [0.25, 0.3) is 0 Å². The summed E-state index contributed by atoms with van der Waals surface area (Å²) in [7, 11) is -3.63. The summed E-state index contributed by atoms with van der Waals surface area (Å²) in [6, 6.07) is 0. The van der Waals surface area contributed by atoms with Crippen LogP contribution in [-0.4, -0.2) is 43.2 Å². The summed E-state index contributed by atoms with van der Waals surface area (Å²) in [6.07, 6.45) is 2.32. The molecule has 124 valence electrons. The molecule has 0 aliphatic rings. The Morgan fingerprint density at radius 1 is 1.24 bits per heavy atom. The van der Waals surface area contributed by atoms with Gasteiger partial charge in [0.15, 0.2) is 5.66 Å². The number of rotatable bonds is 12. The van der Waals surface area contributed by atoms with Crippen molar-refractivity contribution in [3.63, 3.8) is 0 Å². The van der Waals surface area contributed by atoms with Crippen molar-refractivity contribution < 1.29 is 28.3 Å². The Morgan fingerprint density at radius 2 is 1.81 bits per heavy atom. The Morgan fingerprint density at radius 3 is 2.19 bits per heavy atom. The van der Waals surface area contributed by atoms with Crippen LogP contribution in [0.3, 0.4) is 0 Å². The topological polar surface area (TPSA) is 82.1 Å². The lowest BCUT2D eigenvalue weighted by molar-refractivity contribution is -0.143. The van der Waals surface area contributed by atoms with Crippen molar-refractivity contribution >= 4 is 13.6 Å².